The Hall–Kier alpha value is -1.74. The molecule has 2 N–H and O–H groups in total. The minimum absolute atomic E-state index is 0.00510. The summed E-state index contributed by atoms with van der Waals surface area (Å²) in [6.45, 7) is 1.16. The fraction of sp³-hybridized carbons (Fsp3) is 0.647. The third-order valence-electron chi connectivity index (χ3n) is 5.41. The van der Waals surface area contributed by atoms with Gasteiger partial charge in [-0.3, -0.25) is 10.1 Å². The van der Waals surface area contributed by atoms with Gasteiger partial charge in [0.15, 0.2) is 0 Å². The van der Waals surface area contributed by atoms with Crippen LogP contribution in [-0.2, 0) is 15.4 Å². The average Bonchev–Trinajstić information content (AvgIpc) is 2.80. The van der Waals surface area contributed by atoms with E-state index in [-0.39, 0.29) is 29.4 Å². The molecule has 0 aromatic heterocycles. The maximum Gasteiger partial charge on any atom is 0.307 e. The number of benzene rings is 1. The van der Waals surface area contributed by atoms with E-state index >= 15 is 0 Å². The zero-order valence-corrected chi connectivity index (χ0v) is 13.8. The summed E-state index contributed by atoms with van der Waals surface area (Å²) in [7, 11) is 0. The number of fused-ring (bicyclic) bond motifs is 2. The Morgan fingerprint density at radius 3 is 2.40 bits per heavy atom. The van der Waals surface area contributed by atoms with Crippen LogP contribution in [0.3, 0.4) is 0 Å². The van der Waals surface area contributed by atoms with E-state index in [1.165, 1.54) is 12.1 Å². The average molecular weight is 350 g/mol. The van der Waals surface area contributed by atoms with Gasteiger partial charge in [0.2, 0.25) is 0 Å². The van der Waals surface area contributed by atoms with Crippen molar-refractivity contribution in [2.24, 2.45) is 0 Å². The van der Waals surface area contributed by atoms with E-state index in [4.69, 9.17) is 9.47 Å². The van der Waals surface area contributed by atoms with Gasteiger partial charge < -0.3 is 24.6 Å². The third-order valence-corrected chi connectivity index (χ3v) is 5.41. The molecule has 3 aliphatic rings. The molecule has 0 amide bonds. The van der Waals surface area contributed by atoms with Gasteiger partial charge in [0.05, 0.1) is 36.3 Å². The molecule has 8 nitrogen and oxygen atoms in total. The summed E-state index contributed by atoms with van der Waals surface area (Å²) in [5.74, 6) is -2.53. The predicted octanol–water partition coefficient (Wildman–Crippen LogP) is 1.63. The normalized spacial score (nSPS) is 26.6. The van der Waals surface area contributed by atoms with Gasteiger partial charge in [-0.05, 0) is 38.2 Å². The number of hydrogen-bond donors (Lipinski definition) is 2. The summed E-state index contributed by atoms with van der Waals surface area (Å²) in [5, 5.41) is 32.1. The van der Waals surface area contributed by atoms with Crippen molar-refractivity contribution in [2.75, 3.05) is 18.1 Å². The van der Waals surface area contributed by atoms with Crippen LogP contribution < -0.4 is 4.90 Å². The first kappa shape index (κ1) is 16.7. The summed E-state index contributed by atoms with van der Waals surface area (Å²) >= 11 is 0. The molecule has 4 rings (SSSR count). The number of ether oxygens (including phenoxy) is 2. The molecule has 1 aliphatic carbocycles. The second-order valence-corrected chi connectivity index (χ2v) is 7.10. The van der Waals surface area contributed by atoms with Crippen molar-refractivity contribution in [3.8, 4) is 0 Å². The largest absolute Gasteiger partial charge is 0.377 e. The molecule has 25 heavy (non-hydrogen) atoms. The molecule has 3 fully saturated rings. The van der Waals surface area contributed by atoms with Gasteiger partial charge in [-0.2, -0.15) is 0 Å². The SMILES string of the molecule is O=[N+]([O-])c1cc(N2C3CCC2COC3)cc(C(O)(O)OC2CCC2)c1. The first-order valence-electron chi connectivity index (χ1n) is 8.72. The molecular weight excluding hydrogens is 328 g/mol. The fourth-order valence-corrected chi connectivity index (χ4v) is 3.88. The quantitative estimate of drug-likeness (QED) is 0.472. The summed E-state index contributed by atoms with van der Waals surface area (Å²) in [6.07, 6.45) is 4.21. The fourth-order valence-electron chi connectivity index (χ4n) is 3.88. The minimum atomic E-state index is -2.53. The number of nitrogens with zero attached hydrogens (tertiary/aromatic N) is 2. The molecule has 1 aromatic carbocycles. The summed E-state index contributed by atoms with van der Waals surface area (Å²) in [5.41, 5.74) is 0.433. The maximum atomic E-state index is 11.3. The Balaban J connectivity index is 1.69. The van der Waals surface area contributed by atoms with Crippen molar-refractivity contribution >= 4 is 11.4 Å². The first-order valence-corrected chi connectivity index (χ1v) is 8.72. The van der Waals surface area contributed by atoms with Crippen LogP contribution in [0, 0.1) is 10.1 Å². The Labute approximate surface area is 145 Å². The Kier molecular flexibility index (Phi) is 4.15. The number of nitro groups is 1. The van der Waals surface area contributed by atoms with Crippen LogP contribution in [0.1, 0.15) is 37.7 Å². The van der Waals surface area contributed by atoms with Gasteiger partial charge in [0.25, 0.3) is 5.69 Å². The van der Waals surface area contributed by atoms with E-state index in [9.17, 15) is 20.3 Å². The van der Waals surface area contributed by atoms with Gasteiger partial charge in [0, 0.05) is 23.4 Å². The molecule has 2 bridgehead atoms. The van der Waals surface area contributed by atoms with Crippen molar-refractivity contribution in [2.45, 2.75) is 56.3 Å². The highest BCUT2D eigenvalue weighted by molar-refractivity contribution is 5.58. The van der Waals surface area contributed by atoms with E-state index in [0.717, 1.165) is 32.1 Å². The van der Waals surface area contributed by atoms with E-state index in [1.807, 2.05) is 0 Å². The number of nitro benzene ring substituents is 1. The van der Waals surface area contributed by atoms with E-state index in [0.29, 0.717) is 18.9 Å². The Bertz CT molecular complexity index is 659. The lowest BCUT2D eigenvalue weighted by Gasteiger charge is -2.37. The minimum Gasteiger partial charge on any atom is -0.377 e. The molecule has 2 unspecified atom stereocenters. The number of aliphatic hydroxyl groups is 2. The van der Waals surface area contributed by atoms with Crippen LogP contribution in [0.15, 0.2) is 18.2 Å². The molecule has 0 radical (unpaired) electrons. The van der Waals surface area contributed by atoms with Crippen molar-refractivity contribution < 1.29 is 24.6 Å². The van der Waals surface area contributed by atoms with Crippen molar-refractivity contribution in [3.63, 3.8) is 0 Å². The molecule has 2 atom stereocenters. The monoisotopic (exact) mass is 350 g/mol. The van der Waals surface area contributed by atoms with Crippen molar-refractivity contribution in [3.05, 3.63) is 33.9 Å². The van der Waals surface area contributed by atoms with Crippen LogP contribution in [0.25, 0.3) is 0 Å². The molecule has 1 aromatic rings. The lowest BCUT2D eigenvalue weighted by molar-refractivity contribution is -0.387. The first-order chi connectivity index (χ1) is 11.9. The lowest BCUT2D eigenvalue weighted by Crippen LogP contribution is -2.46. The van der Waals surface area contributed by atoms with E-state index < -0.39 is 10.9 Å². The second kappa shape index (κ2) is 6.21. The van der Waals surface area contributed by atoms with Gasteiger partial charge in [-0.25, -0.2) is 0 Å². The van der Waals surface area contributed by atoms with Gasteiger partial charge in [0.1, 0.15) is 0 Å². The van der Waals surface area contributed by atoms with Crippen molar-refractivity contribution in [1.82, 2.24) is 0 Å². The topological polar surface area (TPSA) is 105 Å². The molecule has 2 aliphatic heterocycles. The smallest absolute Gasteiger partial charge is 0.307 e. The molecule has 1 saturated carbocycles. The van der Waals surface area contributed by atoms with Crippen LogP contribution in [0.4, 0.5) is 11.4 Å². The number of hydrogen-bond acceptors (Lipinski definition) is 7. The lowest BCUT2D eigenvalue weighted by atomic mass is 9.96. The van der Waals surface area contributed by atoms with E-state index in [1.54, 1.807) is 6.07 Å². The standard InChI is InChI=1S/C17H22N2O6/c20-17(21,25-16-2-1-3-16)11-6-14(8-15(7-11)19(22)23)18-12-4-5-13(18)10-24-9-12/h6-8,12-13,16,20-21H,1-5,9-10H2. The van der Waals surface area contributed by atoms with Crippen LogP contribution in [0.5, 0.6) is 0 Å². The summed E-state index contributed by atoms with van der Waals surface area (Å²) in [6, 6.07) is 4.56. The highest BCUT2D eigenvalue weighted by Gasteiger charge is 2.40. The van der Waals surface area contributed by atoms with Crippen LogP contribution in [0.2, 0.25) is 0 Å². The highest BCUT2D eigenvalue weighted by atomic mass is 16.8. The molecule has 0 spiro atoms. The van der Waals surface area contributed by atoms with E-state index in [2.05, 4.69) is 4.90 Å². The summed E-state index contributed by atoms with van der Waals surface area (Å²) < 4.78 is 10.9. The number of non-ortho nitro benzene ring substituents is 1. The zero-order chi connectivity index (χ0) is 17.6. The van der Waals surface area contributed by atoms with Crippen LogP contribution in [-0.4, -0.2) is 46.5 Å². The zero-order valence-electron chi connectivity index (χ0n) is 13.8. The Morgan fingerprint density at radius 2 is 1.84 bits per heavy atom. The van der Waals surface area contributed by atoms with Crippen molar-refractivity contribution in [1.29, 1.82) is 0 Å². The Morgan fingerprint density at radius 1 is 1.16 bits per heavy atom. The maximum absolute atomic E-state index is 11.3. The molecular formula is C17H22N2O6. The number of rotatable bonds is 5. The van der Waals surface area contributed by atoms with Gasteiger partial charge >= 0.3 is 5.97 Å². The van der Waals surface area contributed by atoms with Gasteiger partial charge in [-0.1, -0.05) is 0 Å². The third kappa shape index (κ3) is 3.10. The number of anilines is 1. The van der Waals surface area contributed by atoms with Crippen LogP contribution >= 0.6 is 0 Å². The molecule has 2 heterocycles. The predicted molar refractivity (Wildman–Crippen MR) is 88.0 cm³/mol. The summed E-state index contributed by atoms with van der Waals surface area (Å²) in [4.78, 5) is 12.9. The second-order valence-electron chi connectivity index (χ2n) is 7.10. The highest BCUT2D eigenvalue weighted by Crippen LogP contribution is 2.39. The number of morpholine rings is 1. The molecule has 8 heteroatoms. The van der Waals surface area contributed by atoms with Gasteiger partial charge in [-0.15, -0.1) is 0 Å². The molecule has 2 saturated heterocycles. The molecule has 136 valence electrons.